The minimum Gasteiger partial charge on any atom is -0.466 e. The van der Waals surface area contributed by atoms with Crippen LogP contribution >= 0.6 is 0 Å². The maximum atomic E-state index is 13.7. The van der Waals surface area contributed by atoms with Crippen LogP contribution in [0.2, 0.25) is 0 Å². The summed E-state index contributed by atoms with van der Waals surface area (Å²) >= 11 is 0. The third kappa shape index (κ3) is 3.84. The van der Waals surface area contributed by atoms with Gasteiger partial charge in [0.05, 0.1) is 24.7 Å². The molecule has 170 valence electrons. The monoisotopic (exact) mass is 462 g/mol. The molecule has 0 spiro atoms. The minimum absolute atomic E-state index is 0.0179. The number of esters is 2. The first-order valence-electron chi connectivity index (χ1n) is 9.56. The average molecular weight is 462 g/mol. The van der Waals surface area contributed by atoms with E-state index < -0.39 is 43.2 Å². The van der Waals surface area contributed by atoms with E-state index in [-0.39, 0.29) is 29.8 Å². The maximum Gasteiger partial charge on any atom is 0.338 e. The van der Waals surface area contributed by atoms with Crippen molar-refractivity contribution >= 4 is 27.6 Å². The molecule has 1 heterocycles. The number of nitro groups is 1. The van der Waals surface area contributed by atoms with Crippen molar-refractivity contribution in [1.82, 2.24) is 4.31 Å². The summed E-state index contributed by atoms with van der Waals surface area (Å²) in [6.45, 7) is 1.30. The van der Waals surface area contributed by atoms with Gasteiger partial charge >= 0.3 is 11.9 Å². The third-order valence-electron chi connectivity index (χ3n) is 5.67. The van der Waals surface area contributed by atoms with Gasteiger partial charge in [0.25, 0.3) is 5.69 Å². The molecule has 0 amide bonds. The number of allylic oxidation sites excluding steroid dienone is 3. The van der Waals surface area contributed by atoms with Crippen molar-refractivity contribution in [3.05, 3.63) is 75.4 Å². The molecule has 2 atom stereocenters. The summed E-state index contributed by atoms with van der Waals surface area (Å²) in [5, 5.41) is 11.8. The molecule has 3 rings (SSSR count). The number of hydrogen-bond donors (Lipinski definition) is 0. The highest BCUT2D eigenvalue weighted by Crippen LogP contribution is 2.44. The lowest BCUT2D eigenvalue weighted by Gasteiger charge is -2.37. The van der Waals surface area contributed by atoms with Gasteiger partial charge in [0.1, 0.15) is 4.75 Å². The van der Waals surface area contributed by atoms with Crippen molar-refractivity contribution in [2.24, 2.45) is 0 Å². The second kappa shape index (κ2) is 8.67. The van der Waals surface area contributed by atoms with E-state index in [0.717, 1.165) is 17.5 Å². The van der Waals surface area contributed by atoms with Crippen molar-refractivity contribution in [3.8, 4) is 0 Å². The zero-order chi connectivity index (χ0) is 23.7. The molecule has 32 heavy (non-hydrogen) atoms. The van der Waals surface area contributed by atoms with Crippen LogP contribution in [0.1, 0.15) is 28.8 Å². The molecule has 2 unspecified atom stereocenters. The van der Waals surface area contributed by atoms with Gasteiger partial charge in [0, 0.05) is 36.2 Å². The first-order valence-corrected chi connectivity index (χ1v) is 11.0. The van der Waals surface area contributed by atoms with Crippen molar-refractivity contribution in [2.75, 3.05) is 27.3 Å². The zero-order valence-electron chi connectivity index (χ0n) is 17.7. The van der Waals surface area contributed by atoms with Gasteiger partial charge in [-0.05, 0) is 13.0 Å². The van der Waals surface area contributed by atoms with Crippen LogP contribution in [-0.4, -0.2) is 61.6 Å². The lowest BCUT2D eigenvalue weighted by molar-refractivity contribution is -0.385. The highest BCUT2D eigenvalue weighted by atomic mass is 32.2. The summed E-state index contributed by atoms with van der Waals surface area (Å²) in [7, 11) is -1.71. The summed E-state index contributed by atoms with van der Waals surface area (Å²) in [4.78, 5) is 34.8. The van der Waals surface area contributed by atoms with E-state index in [1.165, 1.54) is 38.3 Å². The van der Waals surface area contributed by atoms with Gasteiger partial charge in [-0.2, -0.15) is 4.31 Å². The normalized spacial score (nSPS) is 23.0. The fourth-order valence-electron chi connectivity index (χ4n) is 3.86. The molecular formula is C21H22N2O8S. The Kier molecular flexibility index (Phi) is 6.33. The fourth-order valence-corrected chi connectivity index (χ4v) is 5.77. The number of nitrogens with zero attached hydrogens (tertiary/aromatic N) is 2. The molecule has 10 nitrogen and oxygen atoms in total. The van der Waals surface area contributed by atoms with E-state index in [1.54, 1.807) is 18.2 Å². The van der Waals surface area contributed by atoms with Crippen molar-refractivity contribution in [2.45, 2.75) is 17.6 Å². The van der Waals surface area contributed by atoms with Gasteiger partial charge < -0.3 is 9.47 Å². The summed E-state index contributed by atoms with van der Waals surface area (Å²) in [6.07, 6.45) is 7.71. The van der Waals surface area contributed by atoms with Crippen LogP contribution in [0, 0.1) is 10.1 Å². The van der Waals surface area contributed by atoms with Crippen LogP contribution in [-0.2, 0) is 24.3 Å². The molecule has 1 aliphatic heterocycles. The first kappa shape index (κ1) is 23.4. The van der Waals surface area contributed by atoms with E-state index in [2.05, 4.69) is 9.47 Å². The van der Waals surface area contributed by atoms with E-state index in [9.17, 15) is 28.1 Å². The molecule has 1 aliphatic carbocycles. The van der Waals surface area contributed by atoms with Gasteiger partial charge in [-0.3, -0.25) is 10.1 Å². The van der Waals surface area contributed by atoms with Crippen LogP contribution in [0.5, 0.6) is 0 Å². The first-order chi connectivity index (χ1) is 15.1. The Bertz CT molecular complexity index is 1170. The Morgan fingerprint density at radius 2 is 1.88 bits per heavy atom. The number of hydrogen-bond acceptors (Lipinski definition) is 8. The molecule has 1 aromatic carbocycles. The van der Waals surface area contributed by atoms with Gasteiger partial charge in [0.15, 0.2) is 0 Å². The van der Waals surface area contributed by atoms with E-state index >= 15 is 0 Å². The molecule has 2 aliphatic rings. The quantitative estimate of drug-likeness (QED) is 0.356. The number of carbonyl (C=O) groups is 2. The van der Waals surface area contributed by atoms with Crippen LogP contribution in [0.4, 0.5) is 5.69 Å². The molecule has 0 bridgehead atoms. The van der Waals surface area contributed by atoms with Crippen molar-refractivity contribution in [3.63, 3.8) is 0 Å². The lowest BCUT2D eigenvalue weighted by Crippen LogP contribution is -2.48. The second-order valence-corrected chi connectivity index (χ2v) is 9.79. The number of sulfonamides is 1. The number of benzene rings is 1. The minimum atomic E-state index is -4.09. The Labute approximate surface area is 185 Å². The summed E-state index contributed by atoms with van der Waals surface area (Å²) in [6, 6.07) is 3.81. The van der Waals surface area contributed by atoms with Crippen LogP contribution in [0.3, 0.4) is 0 Å². The maximum absolute atomic E-state index is 13.7. The third-order valence-corrected chi connectivity index (χ3v) is 8.13. The number of nitro benzene ring substituents is 1. The fraction of sp³-hybridized carbons (Fsp3) is 0.333. The van der Waals surface area contributed by atoms with Crippen LogP contribution in [0.25, 0.3) is 0 Å². The van der Waals surface area contributed by atoms with E-state index in [4.69, 9.17) is 0 Å². The topological polar surface area (TPSA) is 133 Å². The molecule has 1 aromatic rings. The number of ether oxygens (including phenoxy) is 2. The van der Waals surface area contributed by atoms with Gasteiger partial charge in [-0.1, -0.05) is 36.4 Å². The summed E-state index contributed by atoms with van der Waals surface area (Å²) < 4.78 is 36.2. The van der Waals surface area contributed by atoms with Crippen molar-refractivity contribution < 1.29 is 32.4 Å². The van der Waals surface area contributed by atoms with Gasteiger partial charge in [-0.25, -0.2) is 18.0 Å². The van der Waals surface area contributed by atoms with Crippen LogP contribution in [0.15, 0.2) is 54.2 Å². The zero-order valence-corrected chi connectivity index (χ0v) is 18.5. The Morgan fingerprint density at radius 1 is 1.19 bits per heavy atom. The Hall–Kier alpha value is -3.31. The average Bonchev–Trinajstić information content (AvgIpc) is 3.29. The number of methoxy groups -OCH3 is 2. The standard InChI is InChI=1S/C21H22N2O8S/c1-21(32(28,29)22-11-9-15(13-22)20(25)31-3)10-5-4-6-17(21)16-8-7-14(19(24)30-2)12-18(16)23(26)27/h4-10,12,17H,11,13H2,1-3H3. The van der Waals surface area contributed by atoms with Gasteiger partial charge in [-0.15, -0.1) is 0 Å². The smallest absolute Gasteiger partial charge is 0.338 e. The molecule has 0 saturated carbocycles. The molecule has 0 fully saturated rings. The molecule has 0 radical (unpaired) electrons. The lowest BCUT2D eigenvalue weighted by atomic mass is 9.82. The largest absolute Gasteiger partial charge is 0.466 e. The number of rotatable bonds is 6. The molecule has 11 heteroatoms. The second-order valence-electron chi connectivity index (χ2n) is 7.45. The highest BCUT2D eigenvalue weighted by molar-refractivity contribution is 7.90. The molecule has 0 N–H and O–H groups in total. The Balaban J connectivity index is 2.05. The van der Waals surface area contributed by atoms with E-state index in [1.807, 2.05) is 0 Å². The highest BCUT2D eigenvalue weighted by Gasteiger charge is 2.50. The van der Waals surface area contributed by atoms with Gasteiger partial charge in [0.2, 0.25) is 10.0 Å². The summed E-state index contributed by atoms with van der Waals surface area (Å²) in [5.41, 5.74) is -0.0574. The SMILES string of the molecule is COC(=O)C1=CCN(S(=O)(=O)C2(C)C=CC=CC2c2ccc(C(=O)OC)cc2[N+](=O)[O-])C1. The Morgan fingerprint density at radius 3 is 2.50 bits per heavy atom. The molecule has 0 aromatic heterocycles. The number of carbonyl (C=O) groups excluding carboxylic acids is 2. The molecular weight excluding hydrogens is 440 g/mol. The predicted octanol–water partition coefficient (Wildman–Crippen LogP) is 2.09. The van der Waals surface area contributed by atoms with E-state index in [0.29, 0.717) is 0 Å². The predicted molar refractivity (Wildman–Crippen MR) is 114 cm³/mol. The van der Waals surface area contributed by atoms with Crippen LogP contribution < -0.4 is 0 Å². The van der Waals surface area contributed by atoms with Crippen molar-refractivity contribution in [1.29, 1.82) is 0 Å². The molecule has 0 saturated heterocycles. The summed E-state index contributed by atoms with van der Waals surface area (Å²) in [5.74, 6) is -2.28.